The molecule has 0 aromatic carbocycles. The Morgan fingerprint density at radius 3 is 2.90 bits per heavy atom. The number of likely N-dealkylation sites (N-methyl/N-ethyl adjacent to an activating group) is 1. The van der Waals surface area contributed by atoms with Crippen molar-refractivity contribution in [2.45, 2.75) is 51.0 Å². The molecule has 0 spiro atoms. The second kappa shape index (κ2) is 5.86. The molecule has 4 heteroatoms. The van der Waals surface area contributed by atoms with Gasteiger partial charge in [0.1, 0.15) is 0 Å². The van der Waals surface area contributed by atoms with Gasteiger partial charge in [-0.3, -0.25) is 4.79 Å². The topological polar surface area (TPSA) is 40.5 Å². The maximum absolute atomic E-state index is 12.5. The Hall–Kier alpha value is -0.870. The van der Waals surface area contributed by atoms with Crippen LogP contribution in [-0.4, -0.2) is 35.6 Å². The molecule has 1 amide bonds. The van der Waals surface area contributed by atoms with Gasteiger partial charge in [0.2, 0.25) is 0 Å². The number of fused-ring (bicyclic) bond motifs is 1. The number of aliphatic hydroxyl groups excluding tert-OH is 1. The van der Waals surface area contributed by atoms with Crippen LogP contribution in [0.2, 0.25) is 0 Å². The Bertz CT molecular complexity index is 469. The molecule has 1 aromatic rings. The van der Waals surface area contributed by atoms with Crippen LogP contribution >= 0.6 is 11.3 Å². The molecule has 1 saturated carbocycles. The summed E-state index contributed by atoms with van der Waals surface area (Å²) < 4.78 is 0. The quantitative estimate of drug-likeness (QED) is 0.867. The molecular formula is C16H23NO2S. The van der Waals surface area contributed by atoms with E-state index in [1.807, 2.05) is 0 Å². The number of carbonyl (C=O) groups excluding carboxylic acids is 1. The van der Waals surface area contributed by atoms with Gasteiger partial charge in [0.05, 0.1) is 11.0 Å². The first-order valence-electron chi connectivity index (χ1n) is 7.70. The van der Waals surface area contributed by atoms with E-state index in [0.717, 1.165) is 30.6 Å². The standard InChI is InChI=1S/C16H23NO2S/c1-17(10-13(18)11-7-8-11)16(19)15-9-12-5-3-2-4-6-14(12)20-15/h9,11,13,18H,2-8,10H2,1H3. The van der Waals surface area contributed by atoms with E-state index >= 15 is 0 Å². The Kier molecular flexibility index (Phi) is 4.13. The number of nitrogens with zero attached hydrogens (tertiary/aromatic N) is 1. The molecule has 20 heavy (non-hydrogen) atoms. The summed E-state index contributed by atoms with van der Waals surface area (Å²) in [5.74, 6) is 0.494. The van der Waals surface area contributed by atoms with Crippen molar-refractivity contribution in [1.29, 1.82) is 0 Å². The highest BCUT2D eigenvalue weighted by molar-refractivity contribution is 7.14. The van der Waals surface area contributed by atoms with E-state index in [1.54, 1.807) is 23.3 Å². The number of hydrogen-bond donors (Lipinski definition) is 1. The Morgan fingerprint density at radius 2 is 2.15 bits per heavy atom. The minimum Gasteiger partial charge on any atom is -0.391 e. The van der Waals surface area contributed by atoms with Crippen molar-refractivity contribution in [2.75, 3.05) is 13.6 Å². The predicted molar refractivity (Wildman–Crippen MR) is 81.3 cm³/mol. The van der Waals surface area contributed by atoms with Gasteiger partial charge in [-0.05, 0) is 56.1 Å². The lowest BCUT2D eigenvalue weighted by Crippen LogP contribution is -2.34. The molecular weight excluding hydrogens is 270 g/mol. The van der Waals surface area contributed by atoms with Crippen LogP contribution in [0.5, 0.6) is 0 Å². The van der Waals surface area contributed by atoms with E-state index in [9.17, 15) is 9.90 Å². The molecule has 1 N–H and O–H groups in total. The van der Waals surface area contributed by atoms with Crippen molar-refractivity contribution in [3.05, 3.63) is 21.4 Å². The summed E-state index contributed by atoms with van der Waals surface area (Å²) in [4.78, 5) is 16.4. The van der Waals surface area contributed by atoms with E-state index < -0.39 is 0 Å². The maximum atomic E-state index is 12.5. The van der Waals surface area contributed by atoms with Crippen molar-refractivity contribution in [1.82, 2.24) is 4.90 Å². The van der Waals surface area contributed by atoms with Crippen LogP contribution < -0.4 is 0 Å². The zero-order valence-corrected chi connectivity index (χ0v) is 12.9. The van der Waals surface area contributed by atoms with Gasteiger partial charge in [-0.1, -0.05) is 6.42 Å². The van der Waals surface area contributed by atoms with Crippen molar-refractivity contribution in [2.24, 2.45) is 5.92 Å². The van der Waals surface area contributed by atoms with Crippen LogP contribution in [0.3, 0.4) is 0 Å². The summed E-state index contributed by atoms with van der Waals surface area (Å²) >= 11 is 1.66. The molecule has 110 valence electrons. The molecule has 1 atom stereocenters. The maximum Gasteiger partial charge on any atom is 0.263 e. The molecule has 0 radical (unpaired) electrons. The van der Waals surface area contributed by atoms with Crippen molar-refractivity contribution in [3.8, 4) is 0 Å². The number of rotatable bonds is 4. The molecule has 2 aliphatic rings. The number of aryl methyl sites for hydroxylation is 2. The van der Waals surface area contributed by atoms with Crippen molar-refractivity contribution in [3.63, 3.8) is 0 Å². The van der Waals surface area contributed by atoms with E-state index in [2.05, 4.69) is 6.07 Å². The average Bonchev–Trinajstić information content (AvgIpc) is 3.23. The number of thiophene rings is 1. The van der Waals surface area contributed by atoms with Crippen molar-refractivity contribution < 1.29 is 9.90 Å². The number of aliphatic hydroxyl groups is 1. The van der Waals surface area contributed by atoms with Crippen LogP contribution in [0.25, 0.3) is 0 Å². The molecule has 1 unspecified atom stereocenters. The number of hydrogen-bond acceptors (Lipinski definition) is 3. The summed E-state index contributed by atoms with van der Waals surface area (Å²) in [6.45, 7) is 0.464. The highest BCUT2D eigenvalue weighted by Gasteiger charge is 2.31. The van der Waals surface area contributed by atoms with E-state index in [1.165, 1.54) is 29.7 Å². The zero-order chi connectivity index (χ0) is 14.1. The Morgan fingerprint density at radius 1 is 1.40 bits per heavy atom. The predicted octanol–water partition coefficient (Wildman–Crippen LogP) is 2.86. The van der Waals surface area contributed by atoms with E-state index in [-0.39, 0.29) is 12.0 Å². The molecule has 1 fully saturated rings. The third kappa shape index (κ3) is 3.07. The monoisotopic (exact) mass is 293 g/mol. The van der Waals surface area contributed by atoms with Gasteiger partial charge < -0.3 is 10.0 Å². The highest BCUT2D eigenvalue weighted by Crippen LogP contribution is 2.33. The second-order valence-corrected chi connectivity index (χ2v) is 7.35. The fourth-order valence-electron chi connectivity index (χ4n) is 2.95. The van der Waals surface area contributed by atoms with Gasteiger partial charge in [-0.25, -0.2) is 0 Å². The van der Waals surface area contributed by atoms with Crippen molar-refractivity contribution >= 4 is 17.2 Å². The van der Waals surface area contributed by atoms with Gasteiger partial charge >= 0.3 is 0 Å². The summed E-state index contributed by atoms with van der Waals surface area (Å²) in [6.07, 6.45) is 7.91. The molecule has 0 aliphatic heterocycles. The molecule has 3 nitrogen and oxygen atoms in total. The normalized spacial score (nSPS) is 20.1. The van der Waals surface area contributed by atoms with Crippen LogP contribution in [0.4, 0.5) is 0 Å². The zero-order valence-electron chi connectivity index (χ0n) is 12.1. The minimum atomic E-state index is -0.346. The number of carbonyl (C=O) groups is 1. The van der Waals surface area contributed by atoms with Gasteiger partial charge in [-0.15, -0.1) is 11.3 Å². The van der Waals surface area contributed by atoms with Gasteiger partial charge in [0.25, 0.3) is 5.91 Å². The lowest BCUT2D eigenvalue weighted by molar-refractivity contribution is 0.0649. The molecule has 0 bridgehead atoms. The number of amides is 1. The smallest absolute Gasteiger partial charge is 0.263 e. The SMILES string of the molecule is CN(CC(O)C1CC1)C(=O)c1cc2c(s1)CCCCC2. The Labute approximate surface area is 124 Å². The summed E-state index contributed by atoms with van der Waals surface area (Å²) in [7, 11) is 1.80. The van der Waals surface area contributed by atoms with Gasteiger partial charge in [0.15, 0.2) is 0 Å². The highest BCUT2D eigenvalue weighted by atomic mass is 32.1. The molecule has 1 heterocycles. The fourth-order valence-corrected chi connectivity index (χ4v) is 4.20. The van der Waals surface area contributed by atoms with Crippen LogP contribution in [0.15, 0.2) is 6.07 Å². The van der Waals surface area contributed by atoms with E-state index in [4.69, 9.17) is 0 Å². The van der Waals surface area contributed by atoms with Crippen LogP contribution in [-0.2, 0) is 12.8 Å². The molecule has 1 aromatic heterocycles. The molecule has 0 saturated heterocycles. The second-order valence-electron chi connectivity index (χ2n) is 6.21. The summed E-state index contributed by atoms with van der Waals surface area (Å²) in [5.41, 5.74) is 1.38. The van der Waals surface area contributed by atoms with E-state index in [0.29, 0.717) is 12.5 Å². The molecule has 2 aliphatic carbocycles. The first-order valence-corrected chi connectivity index (χ1v) is 8.52. The first kappa shape index (κ1) is 14.1. The average molecular weight is 293 g/mol. The first-order chi connectivity index (χ1) is 9.65. The summed E-state index contributed by atoms with van der Waals surface area (Å²) in [6, 6.07) is 2.09. The van der Waals surface area contributed by atoms with Crippen LogP contribution in [0.1, 0.15) is 52.2 Å². The lowest BCUT2D eigenvalue weighted by atomic mass is 10.1. The fraction of sp³-hybridized carbons (Fsp3) is 0.688. The van der Waals surface area contributed by atoms with Crippen LogP contribution in [0, 0.1) is 5.92 Å². The van der Waals surface area contributed by atoms with Gasteiger partial charge in [-0.2, -0.15) is 0 Å². The third-order valence-electron chi connectivity index (χ3n) is 4.43. The third-order valence-corrected chi connectivity index (χ3v) is 5.66. The lowest BCUT2D eigenvalue weighted by Gasteiger charge is -2.20. The summed E-state index contributed by atoms with van der Waals surface area (Å²) in [5, 5.41) is 9.96. The largest absolute Gasteiger partial charge is 0.391 e. The minimum absolute atomic E-state index is 0.0720. The Balaban J connectivity index is 1.66. The molecule has 3 rings (SSSR count). The van der Waals surface area contributed by atoms with Gasteiger partial charge in [0, 0.05) is 18.5 Å².